The zero-order valence-corrected chi connectivity index (χ0v) is 17.9. The predicted molar refractivity (Wildman–Crippen MR) is 121 cm³/mol. The second-order valence-corrected chi connectivity index (χ2v) is 8.31. The van der Waals surface area contributed by atoms with Crippen molar-refractivity contribution < 1.29 is 4.79 Å². The first kappa shape index (κ1) is 19.5. The van der Waals surface area contributed by atoms with E-state index in [0.29, 0.717) is 16.7 Å². The van der Waals surface area contributed by atoms with E-state index in [-0.39, 0.29) is 11.7 Å². The largest absolute Gasteiger partial charge is 0.318 e. The minimum atomic E-state index is -0.361. The van der Waals surface area contributed by atoms with Crippen LogP contribution in [0, 0.1) is 19.3 Å². The standard InChI is InChI=1S/C23H24N4OS/c1-5-14(2)17-6-8-19(9-7-17)27-15(3)12-18(16(27)4)13-20-21(24)26-10-11-29-23(26)25-22(20)28/h6-14,24H,5H2,1-4H3. The molecule has 2 aliphatic heterocycles. The zero-order valence-electron chi connectivity index (χ0n) is 17.1. The lowest BCUT2D eigenvalue weighted by Crippen LogP contribution is -2.35. The minimum absolute atomic E-state index is 0.170. The molecule has 1 unspecified atom stereocenters. The minimum Gasteiger partial charge on any atom is -0.318 e. The Morgan fingerprint density at radius 2 is 1.97 bits per heavy atom. The molecule has 0 saturated carbocycles. The number of rotatable bonds is 4. The SMILES string of the molecule is CCC(C)c1ccc(-n2c(C)cc(C=C3C(=N)N4C=CSC4=NC3=O)c2C)cc1. The van der Waals surface area contributed by atoms with Gasteiger partial charge in [0.05, 0.1) is 5.57 Å². The number of amides is 1. The van der Waals surface area contributed by atoms with Crippen LogP contribution in [0.1, 0.15) is 48.7 Å². The zero-order chi connectivity index (χ0) is 20.7. The van der Waals surface area contributed by atoms with Crippen molar-refractivity contribution in [2.24, 2.45) is 4.99 Å². The van der Waals surface area contributed by atoms with Gasteiger partial charge in [0.25, 0.3) is 5.91 Å². The van der Waals surface area contributed by atoms with Gasteiger partial charge in [-0.1, -0.05) is 37.7 Å². The number of aromatic nitrogens is 1. The number of amidine groups is 2. The van der Waals surface area contributed by atoms with Gasteiger partial charge >= 0.3 is 0 Å². The van der Waals surface area contributed by atoms with Crippen molar-refractivity contribution in [3.63, 3.8) is 0 Å². The van der Waals surface area contributed by atoms with Gasteiger partial charge in [0.15, 0.2) is 5.17 Å². The molecule has 2 aromatic rings. The van der Waals surface area contributed by atoms with Gasteiger partial charge in [0, 0.05) is 23.3 Å². The average Bonchev–Trinajstić information content (AvgIpc) is 3.29. The summed E-state index contributed by atoms with van der Waals surface area (Å²) in [5, 5.41) is 10.8. The summed E-state index contributed by atoms with van der Waals surface area (Å²) in [5.74, 6) is 0.354. The summed E-state index contributed by atoms with van der Waals surface area (Å²) in [7, 11) is 0. The summed E-state index contributed by atoms with van der Waals surface area (Å²) in [4.78, 5) is 18.2. The van der Waals surface area contributed by atoms with Gasteiger partial charge < -0.3 is 4.57 Å². The number of thioether (sulfide) groups is 1. The fourth-order valence-electron chi connectivity index (χ4n) is 3.71. The van der Waals surface area contributed by atoms with Gasteiger partial charge in [-0.3, -0.25) is 15.1 Å². The van der Waals surface area contributed by atoms with Gasteiger partial charge in [-0.05, 0) is 67.0 Å². The molecule has 0 spiro atoms. The van der Waals surface area contributed by atoms with E-state index in [1.54, 1.807) is 17.2 Å². The van der Waals surface area contributed by atoms with Crippen molar-refractivity contribution in [2.45, 2.75) is 40.0 Å². The van der Waals surface area contributed by atoms with Crippen LogP contribution < -0.4 is 0 Å². The van der Waals surface area contributed by atoms with E-state index in [1.165, 1.54) is 17.3 Å². The summed E-state index contributed by atoms with van der Waals surface area (Å²) >= 11 is 1.36. The lowest BCUT2D eigenvalue weighted by Gasteiger charge is -2.22. The Labute approximate surface area is 175 Å². The van der Waals surface area contributed by atoms with Crippen LogP contribution in [-0.2, 0) is 4.79 Å². The van der Waals surface area contributed by atoms with E-state index in [4.69, 9.17) is 5.41 Å². The number of nitrogens with one attached hydrogen (secondary N) is 1. The van der Waals surface area contributed by atoms with Crippen LogP contribution in [0.15, 0.2) is 52.5 Å². The Morgan fingerprint density at radius 1 is 1.24 bits per heavy atom. The molecule has 1 N–H and O–H groups in total. The molecule has 29 heavy (non-hydrogen) atoms. The third-order valence-corrected chi connectivity index (χ3v) is 6.37. The van der Waals surface area contributed by atoms with E-state index in [9.17, 15) is 4.79 Å². The van der Waals surface area contributed by atoms with E-state index >= 15 is 0 Å². The number of hydrogen-bond acceptors (Lipinski definition) is 3. The number of carbonyl (C=O) groups excluding carboxylic acids is 1. The lowest BCUT2D eigenvalue weighted by atomic mass is 9.98. The molecule has 5 nitrogen and oxygen atoms in total. The van der Waals surface area contributed by atoms with Crippen LogP contribution in [0.25, 0.3) is 11.8 Å². The summed E-state index contributed by atoms with van der Waals surface area (Å²) < 4.78 is 2.18. The van der Waals surface area contributed by atoms with Crippen LogP contribution in [0.5, 0.6) is 0 Å². The van der Waals surface area contributed by atoms with Crippen molar-refractivity contribution in [1.29, 1.82) is 5.41 Å². The molecule has 1 aromatic heterocycles. The molecule has 148 valence electrons. The number of hydrogen-bond donors (Lipinski definition) is 1. The summed E-state index contributed by atoms with van der Waals surface area (Å²) in [6, 6.07) is 10.7. The van der Waals surface area contributed by atoms with Crippen LogP contribution in [0.4, 0.5) is 0 Å². The molecule has 0 fully saturated rings. The fourth-order valence-corrected chi connectivity index (χ4v) is 4.41. The normalized spacial score (nSPS) is 18.4. The Bertz CT molecular complexity index is 1090. The molecule has 0 radical (unpaired) electrons. The van der Waals surface area contributed by atoms with Gasteiger partial charge in [-0.25, -0.2) is 0 Å². The van der Waals surface area contributed by atoms with Crippen LogP contribution >= 0.6 is 11.8 Å². The summed E-state index contributed by atoms with van der Waals surface area (Å²) in [6.07, 6.45) is 4.68. The van der Waals surface area contributed by atoms with Crippen LogP contribution in [0.2, 0.25) is 0 Å². The van der Waals surface area contributed by atoms with Crippen molar-refractivity contribution in [1.82, 2.24) is 9.47 Å². The molecular weight excluding hydrogens is 380 g/mol. The highest BCUT2D eigenvalue weighted by molar-refractivity contribution is 8.16. The Balaban J connectivity index is 1.71. The molecule has 1 aromatic carbocycles. The van der Waals surface area contributed by atoms with Crippen molar-refractivity contribution in [2.75, 3.05) is 0 Å². The number of benzene rings is 1. The number of aliphatic imine (C=N–C) groups is 1. The first-order chi connectivity index (χ1) is 13.9. The number of carbonyl (C=O) groups is 1. The first-order valence-electron chi connectivity index (χ1n) is 9.76. The van der Waals surface area contributed by atoms with E-state index in [2.05, 4.69) is 60.7 Å². The molecule has 0 bridgehead atoms. The first-order valence-corrected chi connectivity index (χ1v) is 10.6. The third kappa shape index (κ3) is 3.38. The van der Waals surface area contributed by atoms with Crippen molar-refractivity contribution >= 4 is 34.7 Å². The Kier molecular flexibility index (Phi) is 5.04. The molecule has 2 aliphatic rings. The van der Waals surface area contributed by atoms with Crippen LogP contribution in [-0.4, -0.2) is 26.4 Å². The fraction of sp³-hybridized carbons (Fsp3) is 0.261. The highest BCUT2D eigenvalue weighted by atomic mass is 32.2. The molecule has 3 heterocycles. The Morgan fingerprint density at radius 3 is 2.66 bits per heavy atom. The second-order valence-electron chi connectivity index (χ2n) is 7.44. The van der Waals surface area contributed by atoms with Crippen LogP contribution in [0.3, 0.4) is 0 Å². The predicted octanol–water partition coefficient (Wildman–Crippen LogP) is 5.38. The number of aryl methyl sites for hydroxylation is 1. The molecule has 0 aliphatic carbocycles. The molecule has 6 heteroatoms. The topological polar surface area (TPSA) is 61.5 Å². The number of nitrogens with zero attached hydrogens (tertiary/aromatic N) is 3. The van der Waals surface area contributed by atoms with Crippen molar-refractivity contribution in [3.8, 4) is 5.69 Å². The molecule has 1 atom stereocenters. The third-order valence-electron chi connectivity index (χ3n) is 5.62. The number of fused-ring (bicyclic) bond motifs is 1. The second kappa shape index (κ2) is 7.52. The highest BCUT2D eigenvalue weighted by Gasteiger charge is 2.31. The maximum Gasteiger partial charge on any atom is 0.283 e. The van der Waals surface area contributed by atoms with Crippen molar-refractivity contribution in [3.05, 3.63) is 70.0 Å². The average molecular weight is 405 g/mol. The van der Waals surface area contributed by atoms with E-state index in [0.717, 1.165) is 29.1 Å². The lowest BCUT2D eigenvalue weighted by molar-refractivity contribution is -0.114. The summed E-state index contributed by atoms with van der Waals surface area (Å²) in [6.45, 7) is 8.54. The summed E-state index contributed by atoms with van der Waals surface area (Å²) in [5.41, 5.74) is 5.80. The maximum atomic E-state index is 12.5. The van der Waals surface area contributed by atoms with E-state index in [1.807, 2.05) is 12.3 Å². The molecule has 0 saturated heterocycles. The van der Waals surface area contributed by atoms with Gasteiger partial charge in [-0.15, -0.1) is 0 Å². The molecular formula is C23H24N4OS. The van der Waals surface area contributed by atoms with Gasteiger partial charge in [0.2, 0.25) is 0 Å². The van der Waals surface area contributed by atoms with E-state index < -0.39 is 0 Å². The monoisotopic (exact) mass is 404 g/mol. The Hall–Kier alpha value is -2.86. The molecule has 1 amide bonds. The smallest absolute Gasteiger partial charge is 0.283 e. The van der Waals surface area contributed by atoms with Gasteiger partial charge in [0.1, 0.15) is 5.84 Å². The van der Waals surface area contributed by atoms with Gasteiger partial charge in [-0.2, -0.15) is 4.99 Å². The molecule has 4 rings (SSSR count). The maximum absolute atomic E-state index is 12.5. The highest BCUT2D eigenvalue weighted by Crippen LogP contribution is 2.29. The quantitative estimate of drug-likeness (QED) is 0.696.